The van der Waals surface area contributed by atoms with E-state index in [-0.39, 0.29) is 10.7 Å². The Hall–Kier alpha value is -2.54. The maximum absolute atomic E-state index is 13.4. The first-order valence-corrected chi connectivity index (χ1v) is 6.30. The number of halogens is 2. The van der Waals surface area contributed by atoms with Crippen LogP contribution in [0.1, 0.15) is 5.56 Å². The lowest BCUT2D eigenvalue weighted by molar-refractivity contribution is 0.262. The third-order valence-corrected chi connectivity index (χ3v) is 2.84. The van der Waals surface area contributed by atoms with E-state index in [1.54, 1.807) is 24.3 Å². The minimum atomic E-state index is -0.868. The van der Waals surface area contributed by atoms with Gasteiger partial charge in [0.25, 0.3) is 0 Å². The zero-order chi connectivity index (χ0) is 15.4. The number of hydrogen-bond donors (Lipinski definition) is 3. The number of para-hydroxylation sites is 1. The number of hydrogen-bond acceptors (Lipinski definition) is 2. The van der Waals surface area contributed by atoms with Gasteiger partial charge in [0.05, 0.1) is 11.4 Å². The molecule has 4 nitrogen and oxygen atoms in total. The smallest absolute Gasteiger partial charge is 0.323 e. The maximum atomic E-state index is 13.4. The van der Waals surface area contributed by atoms with Gasteiger partial charge in [-0.25, -0.2) is 13.6 Å². The van der Waals surface area contributed by atoms with Crippen molar-refractivity contribution in [3.8, 4) is 0 Å². The first-order valence-electron chi connectivity index (χ1n) is 5.89. The van der Waals surface area contributed by atoms with Crippen LogP contribution in [0.15, 0.2) is 42.5 Å². The molecule has 0 saturated heterocycles. The van der Waals surface area contributed by atoms with Gasteiger partial charge >= 0.3 is 6.03 Å². The second-order valence-electron chi connectivity index (χ2n) is 4.11. The minimum Gasteiger partial charge on any atom is -0.389 e. The van der Waals surface area contributed by atoms with Gasteiger partial charge in [0.1, 0.15) is 16.6 Å². The highest BCUT2D eigenvalue weighted by Gasteiger charge is 2.10. The van der Waals surface area contributed by atoms with Crippen LogP contribution in [0.2, 0.25) is 0 Å². The monoisotopic (exact) mass is 307 g/mol. The van der Waals surface area contributed by atoms with Crippen LogP contribution >= 0.6 is 12.2 Å². The fourth-order valence-electron chi connectivity index (χ4n) is 1.67. The van der Waals surface area contributed by atoms with Crippen molar-refractivity contribution in [1.82, 2.24) is 0 Å². The topological polar surface area (TPSA) is 67.1 Å². The number of amides is 2. The van der Waals surface area contributed by atoms with E-state index in [1.807, 2.05) is 0 Å². The van der Waals surface area contributed by atoms with E-state index < -0.39 is 17.7 Å². The lowest BCUT2D eigenvalue weighted by Gasteiger charge is -2.11. The molecule has 2 aromatic carbocycles. The van der Waals surface area contributed by atoms with Gasteiger partial charge in [-0.05, 0) is 24.3 Å². The van der Waals surface area contributed by atoms with Gasteiger partial charge in [-0.1, -0.05) is 24.4 Å². The van der Waals surface area contributed by atoms with Crippen molar-refractivity contribution in [3.63, 3.8) is 0 Å². The molecule has 0 unspecified atom stereocenters. The Morgan fingerprint density at radius 3 is 2.38 bits per heavy atom. The third-order valence-electron chi connectivity index (χ3n) is 2.62. The van der Waals surface area contributed by atoms with E-state index in [2.05, 4.69) is 10.6 Å². The Bertz CT molecular complexity index is 706. The number of rotatable bonds is 3. The Labute approximate surface area is 125 Å². The third kappa shape index (κ3) is 3.73. The van der Waals surface area contributed by atoms with Gasteiger partial charge in [0.2, 0.25) is 0 Å². The summed E-state index contributed by atoms with van der Waals surface area (Å²) in [5.41, 5.74) is 6.29. The van der Waals surface area contributed by atoms with Crippen molar-refractivity contribution < 1.29 is 13.6 Å². The number of carbonyl (C=O) groups excluding carboxylic acids is 1. The van der Waals surface area contributed by atoms with Crippen LogP contribution in [0.5, 0.6) is 0 Å². The highest BCUT2D eigenvalue weighted by molar-refractivity contribution is 7.80. The second kappa shape index (κ2) is 6.27. The molecule has 0 radical (unpaired) electrons. The summed E-state index contributed by atoms with van der Waals surface area (Å²) >= 11 is 4.87. The minimum absolute atomic E-state index is 0.124. The summed E-state index contributed by atoms with van der Waals surface area (Å²) in [5, 5.41) is 4.78. The number of nitrogens with one attached hydrogen (secondary N) is 2. The van der Waals surface area contributed by atoms with Crippen molar-refractivity contribution in [3.05, 3.63) is 59.7 Å². The molecule has 2 aromatic rings. The Kier molecular flexibility index (Phi) is 4.44. The summed E-state index contributed by atoms with van der Waals surface area (Å²) in [4.78, 5) is 12.0. The largest absolute Gasteiger partial charge is 0.389 e. The predicted molar refractivity (Wildman–Crippen MR) is 81.3 cm³/mol. The first-order chi connectivity index (χ1) is 9.97. The van der Waals surface area contributed by atoms with Crippen LogP contribution in [0.3, 0.4) is 0 Å². The standard InChI is InChI=1S/C14H11F2N3OS/c15-8-5-6-12(10(16)7-8)19-14(20)18-11-4-2-1-3-9(11)13(17)21/h1-7H,(H2,17,21)(H2,18,19,20). The first kappa shape index (κ1) is 14.9. The fourth-order valence-corrected chi connectivity index (χ4v) is 1.85. The summed E-state index contributed by atoms with van der Waals surface area (Å²) in [6, 6.07) is 8.83. The fraction of sp³-hybridized carbons (Fsp3) is 0. The summed E-state index contributed by atoms with van der Waals surface area (Å²) in [5.74, 6) is -1.59. The van der Waals surface area contributed by atoms with Crippen LogP contribution in [0.25, 0.3) is 0 Å². The van der Waals surface area contributed by atoms with Gasteiger partial charge in [-0.3, -0.25) is 0 Å². The zero-order valence-corrected chi connectivity index (χ0v) is 11.5. The van der Waals surface area contributed by atoms with E-state index in [9.17, 15) is 13.6 Å². The molecule has 0 aliphatic rings. The molecular formula is C14H11F2N3OS. The van der Waals surface area contributed by atoms with Crippen molar-refractivity contribution >= 4 is 34.6 Å². The van der Waals surface area contributed by atoms with Crippen LogP contribution in [-0.2, 0) is 0 Å². The summed E-state index contributed by atoms with van der Waals surface area (Å²) in [6.45, 7) is 0. The van der Waals surface area contributed by atoms with Gasteiger partial charge < -0.3 is 16.4 Å². The molecule has 0 spiro atoms. The molecule has 2 amide bonds. The van der Waals surface area contributed by atoms with Gasteiger partial charge in [0, 0.05) is 11.6 Å². The van der Waals surface area contributed by atoms with Crippen molar-refractivity contribution in [2.24, 2.45) is 5.73 Å². The molecule has 4 N–H and O–H groups in total. The molecule has 0 saturated carbocycles. The van der Waals surface area contributed by atoms with E-state index in [0.717, 1.165) is 12.1 Å². The molecule has 108 valence electrons. The summed E-state index contributed by atoms with van der Waals surface area (Å²) < 4.78 is 26.2. The van der Waals surface area contributed by atoms with Crippen molar-refractivity contribution in [2.45, 2.75) is 0 Å². The Morgan fingerprint density at radius 2 is 1.71 bits per heavy atom. The van der Waals surface area contributed by atoms with Crippen LogP contribution in [-0.4, -0.2) is 11.0 Å². The Balaban J connectivity index is 2.14. The number of carbonyl (C=O) groups is 1. The number of benzene rings is 2. The number of thiocarbonyl (C=S) groups is 1. The Morgan fingerprint density at radius 1 is 1.05 bits per heavy atom. The molecule has 0 fully saturated rings. The van der Waals surface area contributed by atoms with Crippen molar-refractivity contribution in [2.75, 3.05) is 10.6 Å². The summed E-state index contributed by atoms with van der Waals surface area (Å²) in [6.07, 6.45) is 0. The molecule has 0 aliphatic carbocycles. The predicted octanol–water partition coefficient (Wildman–Crippen LogP) is 3.24. The normalized spacial score (nSPS) is 10.0. The average Bonchev–Trinajstić information content (AvgIpc) is 2.42. The van der Waals surface area contributed by atoms with Gasteiger partial charge in [0.15, 0.2) is 0 Å². The highest BCUT2D eigenvalue weighted by atomic mass is 32.1. The van der Waals surface area contributed by atoms with E-state index in [0.29, 0.717) is 17.3 Å². The second-order valence-corrected chi connectivity index (χ2v) is 4.55. The van der Waals surface area contributed by atoms with Gasteiger partial charge in [-0.15, -0.1) is 0 Å². The lowest BCUT2D eigenvalue weighted by Crippen LogP contribution is -2.22. The maximum Gasteiger partial charge on any atom is 0.323 e. The molecule has 0 atom stereocenters. The number of nitrogens with two attached hydrogens (primary N) is 1. The van der Waals surface area contributed by atoms with E-state index in [4.69, 9.17) is 18.0 Å². The lowest BCUT2D eigenvalue weighted by atomic mass is 10.2. The quantitative estimate of drug-likeness (QED) is 0.763. The molecular weight excluding hydrogens is 296 g/mol. The molecule has 0 aromatic heterocycles. The number of anilines is 2. The molecule has 7 heteroatoms. The van der Waals surface area contributed by atoms with Gasteiger partial charge in [-0.2, -0.15) is 0 Å². The van der Waals surface area contributed by atoms with Crippen LogP contribution in [0, 0.1) is 11.6 Å². The van der Waals surface area contributed by atoms with Crippen LogP contribution < -0.4 is 16.4 Å². The van der Waals surface area contributed by atoms with E-state index >= 15 is 0 Å². The van der Waals surface area contributed by atoms with Crippen molar-refractivity contribution in [1.29, 1.82) is 0 Å². The summed E-state index contributed by atoms with van der Waals surface area (Å²) in [7, 11) is 0. The molecule has 2 rings (SSSR count). The molecule has 0 aliphatic heterocycles. The molecule has 0 bridgehead atoms. The zero-order valence-electron chi connectivity index (χ0n) is 10.7. The van der Waals surface area contributed by atoms with Crippen LogP contribution in [0.4, 0.5) is 25.0 Å². The SMILES string of the molecule is NC(=S)c1ccccc1NC(=O)Nc1ccc(F)cc1F. The number of urea groups is 1. The molecule has 0 heterocycles. The highest BCUT2D eigenvalue weighted by Crippen LogP contribution is 2.17. The molecule has 21 heavy (non-hydrogen) atoms. The van der Waals surface area contributed by atoms with E-state index in [1.165, 1.54) is 0 Å². The average molecular weight is 307 g/mol.